The SMILES string of the molecule is C[C@@H]1C[C@H]2CCCC[C@@H]2CO1. The first-order valence-corrected chi connectivity index (χ1v) is 4.98. The van der Waals surface area contributed by atoms with E-state index in [-0.39, 0.29) is 0 Å². The van der Waals surface area contributed by atoms with Crippen LogP contribution in [0.5, 0.6) is 0 Å². The monoisotopic (exact) mass is 154 g/mol. The Morgan fingerprint density at radius 1 is 1.09 bits per heavy atom. The number of hydrogen-bond acceptors (Lipinski definition) is 1. The second-order valence-corrected chi connectivity index (χ2v) is 4.18. The largest absolute Gasteiger partial charge is 0.378 e. The Kier molecular flexibility index (Phi) is 2.17. The molecule has 0 amide bonds. The van der Waals surface area contributed by atoms with E-state index in [9.17, 15) is 0 Å². The molecule has 2 fully saturated rings. The molecule has 0 aromatic rings. The van der Waals surface area contributed by atoms with Gasteiger partial charge in [0.05, 0.1) is 12.7 Å². The van der Waals surface area contributed by atoms with Gasteiger partial charge in [0.2, 0.25) is 0 Å². The molecule has 1 nitrogen and oxygen atoms in total. The van der Waals surface area contributed by atoms with Crippen LogP contribution in [0, 0.1) is 11.8 Å². The van der Waals surface area contributed by atoms with Crippen molar-refractivity contribution in [2.45, 2.75) is 45.1 Å². The summed E-state index contributed by atoms with van der Waals surface area (Å²) in [5, 5.41) is 0. The Morgan fingerprint density at radius 3 is 2.64 bits per heavy atom. The predicted molar refractivity (Wildman–Crippen MR) is 45.5 cm³/mol. The maximum atomic E-state index is 5.65. The van der Waals surface area contributed by atoms with E-state index >= 15 is 0 Å². The fraction of sp³-hybridized carbons (Fsp3) is 1.00. The van der Waals surface area contributed by atoms with Crippen LogP contribution in [0.1, 0.15) is 39.0 Å². The fourth-order valence-corrected chi connectivity index (χ4v) is 2.60. The van der Waals surface area contributed by atoms with Gasteiger partial charge in [-0.25, -0.2) is 0 Å². The van der Waals surface area contributed by atoms with Crippen LogP contribution in [0.2, 0.25) is 0 Å². The standard InChI is InChI=1S/C10H18O/c1-8-6-9-4-2-3-5-10(9)7-11-8/h8-10H,2-7H2,1H3/t8-,9-,10-/m1/s1. The molecule has 0 radical (unpaired) electrons. The van der Waals surface area contributed by atoms with Gasteiger partial charge in [-0.1, -0.05) is 19.3 Å². The summed E-state index contributed by atoms with van der Waals surface area (Å²) in [4.78, 5) is 0. The van der Waals surface area contributed by atoms with Gasteiger partial charge >= 0.3 is 0 Å². The van der Waals surface area contributed by atoms with Crippen molar-refractivity contribution in [3.05, 3.63) is 0 Å². The van der Waals surface area contributed by atoms with Crippen molar-refractivity contribution in [1.82, 2.24) is 0 Å². The molecule has 1 heterocycles. The highest BCUT2D eigenvalue weighted by molar-refractivity contribution is 4.80. The quantitative estimate of drug-likeness (QED) is 0.521. The van der Waals surface area contributed by atoms with Crippen LogP contribution >= 0.6 is 0 Å². The van der Waals surface area contributed by atoms with Crippen LogP contribution in [0.15, 0.2) is 0 Å². The van der Waals surface area contributed by atoms with E-state index in [2.05, 4.69) is 6.92 Å². The lowest BCUT2D eigenvalue weighted by Gasteiger charge is -2.38. The first-order valence-electron chi connectivity index (χ1n) is 4.98. The fourth-order valence-electron chi connectivity index (χ4n) is 2.60. The summed E-state index contributed by atoms with van der Waals surface area (Å²) in [6.07, 6.45) is 7.67. The smallest absolute Gasteiger partial charge is 0.0549 e. The molecule has 11 heavy (non-hydrogen) atoms. The molecule has 2 rings (SSSR count). The van der Waals surface area contributed by atoms with Gasteiger partial charge in [-0.2, -0.15) is 0 Å². The summed E-state index contributed by atoms with van der Waals surface area (Å²) in [5.74, 6) is 1.92. The van der Waals surface area contributed by atoms with Crippen LogP contribution in [-0.2, 0) is 4.74 Å². The molecule has 0 aromatic heterocycles. The Bertz CT molecular complexity index is 133. The molecule has 1 aliphatic heterocycles. The van der Waals surface area contributed by atoms with Gasteiger partial charge in [0.25, 0.3) is 0 Å². The van der Waals surface area contributed by atoms with Crippen molar-refractivity contribution >= 4 is 0 Å². The van der Waals surface area contributed by atoms with Gasteiger partial charge in [-0.3, -0.25) is 0 Å². The van der Waals surface area contributed by atoms with E-state index in [1.165, 1.54) is 32.1 Å². The van der Waals surface area contributed by atoms with Gasteiger partial charge in [-0.05, 0) is 31.6 Å². The van der Waals surface area contributed by atoms with Crippen LogP contribution < -0.4 is 0 Å². The maximum absolute atomic E-state index is 5.65. The third-order valence-electron chi connectivity index (χ3n) is 3.30. The van der Waals surface area contributed by atoms with Gasteiger partial charge in [0, 0.05) is 0 Å². The van der Waals surface area contributed by atoms with Crippen LogP contribution in [-0.4, -0.2) is 12.7 Å². The van der Waals surface area contributed by atoms with Crippen molar-refractivity contribution < 1.29 is 4.74 Å². The van der Waals surface area contributed by atoms with Gasteiger partial charge in [-0.15, -0.1) is 0 Å². The minimum atomic E-state index is 0.536. The predicted octanol–water partition coefficient (Wildman–Crippen LogP) is 2.60. The van der Waals surface area contributed by atoms with Gasteiger partial charge in [0.1, 0.15) is 0 Å². The van der Waals surface area contributed by atoms with E-state index < -0.39 is 0 Å². The third kappa shape index (κ3) is 1.58. The molecule has 2 aliphatic rings. The summed E-state index contributed by atoms with van der Waals surface area (Å²) in [7, 11) is 0. The second kappa shape index (κ2) is 3.14. The topological polar surface area (TPSA) is 9.23 Å². The molecule has 0 aromatic carbocycles. The minimum Gasteiger partial charge on any atom is -0.378 e. The molecule has 0 unspecified atom stereocenters. The third-order valence-corrected chi connectivity index (χ3v) is 3.30. The number of fused-ring (bicyclic) bond motifs is 1. The molecular weight excluding hydrogens is 136 g/mol. The summed E-state index contributed by atoms with van der Waals surface area (Å²) in [5.41, 5.74) is 0. The van der Waals surface area contributed by atoms with Gasteiger partial charge < -0.3 is 4.74 Å². The number of rotatable bonds is 0. The van der Waals surface area contributed by atoms with Crippen LogP contribution in [0.4, 0.5) is 0 Å². The summed E-state index contributed by atoms with van der Waals surface area (Å²) in [6, 6.07) is 0. The Hall–Kier alpha value is -0.0400. The second-order valence-electron chi connectivity index (χ2n) is 4.18. The molecule has 1 saturated carbocycles. The molecule has 1 saturated heterocycles. The summed E-state index contributed by atoms with van der Waals surface area (Å²) < 4.78 is 5.65. The van der Waals surface area contributed by atoms with Crippen molar-refractivity contribution in [3.8, 4) is 0 Å². The molecular formula is C10H18O. The molecule has 0 bridgehead atoms. The average molecular weight is 154 g/mol. The van der Waals surface area contributed by atoms with Crippen molar-refractivity contribution in [3.63, 3.8) is 0 Å². The number of ether oxygens (including phenoxy) is 1. The highest BCUT2D eigenvalue weighted by Gasteiger charge is 2.30. The Morgan fingerprint density at radius 2 is 1.82 bits per heavy atom. The average Bonchev–Trinajstić information content (AvgIpc) is 2.04. The number of hydrogen-bond donors (Lipinski definition) is 0. The Labute approximate surface area is 69.1 Å². The first-order chi connectivity index (χ1) is 5.36. The van der Waals surface area contributed by atoms with E-state index in [0.717, 1.165) is 18.4 Å². The molecule has 1 aliphatic carbocycles. The normalized spacial score (nSPS) is 45.0. The first kappa shape index (κ1) is 7.60. The summed E-state index contributed by atoms with van der Waals surface area (Å²) in [6.45, 7) is 3.26. The molecule has 64 valence electrons. The van der Waals surface area contributed by atoms with E-state index in [1.54, 1.807) is 0 Å². The molecule has 1 heteroatoms. The van der Waals surface area contributed by atoms with E-state index in [4.69, 9.17) is 4.74 Å². The van der Waals surface area contributed by atoms with Gasteiger partial charge in [0.15, 0.2) is 0 Å². The van der Waals surface area contributed by atoms with E-state index in [1.807, 2.05) is 0 Å². The zero-order valence-corrected chi connectivity index (χ0v) is 7.38. The molecule has 0 spiro atoms. The van der Waals surface area contributed by atoms with Crippen LogP contribution in [0.3, 0.4) is 0 Å². The molecule has 3 atom stereocenters. The zero-order chi connectivity index (χ0) is 7.68. The highest BCUT2D eigenvalue weighted by atomic mass is 16.5. The highest BCUT2D eigenvalue weighted by Crippen LogP contribution is 2.36. The Balaban J connectivity index is 1.93. The zero-order valence-electron chi connectivity index (χ0n) is 7.38. The summed E-state index contributed by atoms with van der Waals surface area (Å²) >= 11 is 0. The maximum Gasteiger partial charge on any atom is 0.0549 e. The van der Waals surface area contributed by atoms with Crippen molar-refractivity contribution in [2.75, 3.05) is 6.61 Å². The van der Waals surface area contributed by atoms with Crippen molar-refractivity contribution in [1.29, 1.82) is 0 Å². The lowest BCUT2D eigenvalue weighted by molar-refractivity contribution is -0.0504. The van der Waals surface area contributed by atoms with E-state index in [0.29, 0.717) is 6.10 Å². The minimum absolute atomic E-state index is 0.536. The van der Waals surface area contributed by atoms with Crippen molar-refractivity contribution in [2.24, 2.45) is 11.8 Å². The lowest BCUT2D eigenvalue weighted by atomic mass is 9.75. The lowest BCUT2D eigenvalue weighted by Crippen LogP contribution is -2.34. The van der Waals surface area contributed by atoms with Crippen LogP contribution in [0.25, 0.3) is 0 Å². The molecule has 0 N–H and O–H groups in total.